The van der Waals surface area contributed by atoms with Crippen LogP contribution in [0.25, 0.3) is 0 Å². The van der Waals surface area contributed by atoms with Crippen molar-refractivity contribution in [1.29, 1.82) is 0 Å². The normalized spacial score (nSPS) is 21.6. The third-order valence-electron chi connectivity index (χ3n) is 5.37. The Morgan fingerprint density at radius 3 is 2.35 bits per heavy atom. The summed E-state index contributed by atoms with van der Waals surface area (Å²) in [6, 6.07) is 6.99. The van der Waals surface area contributed by atoms with E-state index in [2.05, 4.69) is 10.2 Å². The van der Waals surface area contributed by atoms with Crippen LogP contribution < -0.4 is 10.2 Å². The van der Waals surface area contributed by atoms with E-state index in [1.54, 1.807) is 11.8 Å². The molecule has 0 aromatic heterocycles. The second-order valence-electron chi connectivity index (χ2n) is 8.21. The van der Waals surface area contributed by atoms with Gasteiger partial charge in [0, 0.05) is 36.9 Å². The molecule has 1 N–H and O–H groups in total. The van der Waals surface area contributed by atoms with Crippen LogP contribution in [0.2, 0.25) is 5.02 Å². The van der Waals surface area contributed by atoms with Crippen molar-refractivity contribution in [3.63, 3.8) is 0 Å². The SMILES string of the molecule is CCOC(=O)[C@H]1O[C@@H]1C(=O)N[C@@H](CC(C)C)C(=O)N1CCN(c2ccc(Cl)cc2)CC1. The first-order valence-electron chi connectivity index (χ1n) is 10.7. The predicted molar refractivity (Wildman–Crippen MR) is 117 cm³/mol. The van der Waals surface area contributed by atoms with Crippen molar-refractivity contribution in [1.82, 2.24) is 10.2 Å². The number of hydrogen-bond donors (Lipinski definition) is 1. The molecule has 2 fully saturated rings. The Morgan fingerprint density at radius 1 is 1.13 bits per heavy atom. The Kier molecular flexibility index (Phi) is 7.78. The highest BCUT2D eigenvalue weighted by molar-refractivity contribution is 6.30. The maximum absolute atomic E-state index is 13.2. The zero-order chi connectivity index (χ0) is 22.5. The molecule has 31 heavy (non-hydrogen) atoms. The van der Waals surface area contributed by atoms with Gasteiger partial charge in [0.05, 0.1) is 6.61 Å². The van der Waals surface area contributed by atoms with Gasteiger partial charge in [0.25, 0.3) is 5.91 Å². The number of carbonyl (C=O) groups is 3. The van der Waals surface area contributed by atoms with Gasteiger partial charge in [-0.3, -0.25) is 9.59 Å². The molecule has 0 bridgehead atoms. The number of nitrogens with zero attached hydrogens (tertiary/aromatic N) is 2. The summed E-state index contributed by atoms with van der Waals surface area (Å²) in [7, 11) is 0. The van der Waals surface area contributed by atoms with Gasteiger partial charge in [0.1, 0.15) is 6.04 Å². The Bertz CT molecular complexity index is 793. The van der Waals surface area contributed by atoms with Crippen LogP contribution in [0.15, 0.2) is 24.3 Å². The number of halogens is 1. The van der Waals surface area contributed by atoms with Crippen molar-refractivity contribution in [2.45, 2.75) is 45.4 Å². The van der Waals surface area contributed by atoms with E-state index < -0.39 is 30.1 Å². The average Bonchev–Trinajstić information content (AvgIpc) is 3.55. The molecule has 0 radical (unpaired) electrons. The van der Waals surface area contributed by atoms with E-state index >= 15 is 0 Å². The number of ether oxygens (including phenoxy) is 2. The van der Waals surface area contributed by atoms with E-state index in [4.69, 9.17) is 21.1 Å². The third-order valence-corrected chi connectivity index (χ3v) is 5.63. The molecule has 2 saturated heterocycles. The van der Waals surface area contributed by atoms with Gasteiger partial charge >= 0.3 is 5.97 Å². The highest BCUT2D eigenvalue weighted by Gasteiger charge is 2.52. The number of carbonyl (C=O) groups excluding carboxylic acids is 3. The quantitative estimate of drug-likeness (QED) is 0.479. The summed E-state index contributed by atoms with van der Waals surface area (Å²) in [4.78, 5) is 41.4. The molecule has 9 heteroatoms. The number of epoxide rings is 1. The standard InChI is InChI=1S/C22H30ClN3O5/c1-4-30-22(29)19-18(31-19)20(27)24-17(13-14(2)3)21(28)26-11-9-25(10-12-26)16-7-5-15(23)6-8-16/h5-8,14,17-19H,4,9-13H2,1-3H3,(H,24,27)/t17-,18-,19-/m0/s1. The summed E-state index contributed by atoms with van der Waals surface area (Å²) in [6.07, 6.45) is -1.25. The van der Waals surface area contributed by atoms with Crippen LogP contribution in [-0.2, 0) is 23.9 Å². The minimum Gasteiger partial charge on any atom is -0.464 e. The van der Waals surface area contributed by atoms with Crippen molar-refractivity contribution >= 4 is 35.1 Å². The van der Waals surface area contributed by atoms with Crippen molar-refractivity contribution in [2.24, 2.45) is 5.92 Å². The first-order valence-corrected chi connectivity index (χ1v) is 11.1. The van der Waals surface area contributed by atoms with Crippen LogP contribution in [0.4, 0.5) is 5.69 Å². The first-order chi connectivity index (χ1) is 14.8. The highest BCUT2D eigenvalue weighted by Crippen LogP contribution is 2.24. The summed E-state index contributed by atoms with van der Waals surface area (Å²) < 4.78 is 10.0. The molecule has 2 aliphatic rings. The molecule has 1 aromatic carbocycles. The van der Waals surface area contributed by atoms with E-state index in [0.29, 0.717) is 37.6 Å². The lowest BCUT2D eigenvalue weighted by Crippen LogP contribution is -2.56. The summed E-state index contributed by atoms with van der Waals surface area (Å²) in [5.41, 5.74) is 1.07. The minimum absolute atomic E-state index is 0.105. The van der Waals surface area contributed by atoms with Crippen molar-refractivity contribution in [3.8, 4) is 0 Å². The van der Waals surface area contributed by atoms with E-state index in [9.17, 15) is 14.4 Å². The number of piperazine rings is 1. The lowest BCUT2D eigenvalue weighted by molar-refractivity contribution is -0.144. The monoisotopic (exact) mass is 451 g/mol. The number of esters is 1. The molecule has 0 aliphatic carbocycles. The fourth-order valence-corrected chi connectivity index (χ4v) is 3.85. The molecule has 1 aromatic rings. The highest BCUT2D eigenvalue weighted by atomic mass is 35.5. The summed E-state index contributed by atoms with van der Waals surface area (Å²) in [6.45, 7) is 8.45. The van der Waals surface area contributed by atoms with Gasteiger partial charge in [-0.1, -0.05) is 25.4 Å². The molecule has 2 amide bonds. The van der Waals surface area contributed by atoms with E-state index in [1.807, 2.05) is 38.1 Å². The molecule has 2 aliphatic heterocycles. The van der Waals surface area contributed by atoms with Crippen LogP contribution in [0, 0.1) is 5.92 Å². The van der Waals surface area contributed by atoms with Crippen molar-refractivity contribution < 1.29 is 23.9 Å². The smallest absolute Gasteiger partial charge is 0.338 e. The molecule has 0 unspecified atom stereocenters. The van der Waals surface area contributed by atoms with E-state index in [1.165, 1.54) is 0 Å². The number of benzene rings is 1. The van der Waals surface area contributed by atoms with E-state index in [-0.39, 0.29) is 18.4 Å². The second kappa shape index (κ2) is 10.3. The van der Waals surface area contributed by atoms with Gasteiger partial charge in [-0.15, -0.1) is 0 Å². The zero-order valence-electron chi connectivity index (χ0n) is 18.2. The average molecular weight is 452 g/mol. The van der Waals surface area contributed by atoms with Gasteiger partial charge in [-0.05, 0) is 43.5 Å². The van der Waals surface area contributed by atoms with Crippen LogP contribution >= 0.6 is 11.6 Å². The van der Waals surface area contributed by atoms with Gasteiger partial charge < -0.3 is 24.6 Å². The number of rotatable bonds is 8. The van der Waals surface area contributed by atoms with Crippen molar-refractivity contribution in [2.75, 3.05) is 37.7 Å². The molecule has 2 heterocycles. The molecule has 8 nitrogen and oxygen atoms in total. The number of anilines is 1. The number of amides is 2. The second-order valence-corrected chi connectivity index (χ2v) is 8.65. The summed E-state index contributed by atoms with van der Waals surface area (Å²) >= 11 is 5.96. The zero-order valence-corrected chi connectivity index (χ0v) is 18.9. The molecular weight excluding hydrogens is 422 g/mol. The fraction of sp³-hybridized carbons (Fsp3) is 0.591. The molecular formula is C22H30ClN3O5. The predicted octanol–water partition coefficient (Wildman–Crippen LogP) is 1.85. The lowest BCUT2D eigenvalue weighted by atomic mass is 10.0. The lowest BCUT2D eigenvalue weighted by Gasteiger charge is -2.38. The topological polar surface area (TPSA) is 91.5 Å². The van der Waals surface area contributed by atoms with Gasteiger partial charge in [-0.25, -0.2) is 4.79 Å². The van der Waals surface area contributed by atoms with Crippen LogP contribution in [0.5, 0.6) is 0 Å². The molecule has 170 valence electrons. The Morgan fingerprint density at radius 2 is 1.77 bits per heavy atom. The van der Waals surface area contributed by atoms with Gasteiger partial charge in [0.2, 0.25) is 5.91 Å². The minimum atomic E-state index is -0.886. The Balaban J connectivity index is 1.56. The number of nitrogens with one attached hydrogen (secondary N) is 1. The van der Waals surface area contributed by atoms with E-state index in [0.717, 1.165) is 5.69 Å². The van der Waals surface area contributed by atoms with Gasteiger partial charge in [-0.2, -0.15) is 0 Å². The van der Waals surface area contributed by atoms with Crippen LogP contribution in [0.1, 0.15) is 27.2 Å². The maximum atomic E-state index is 13.2. The third kappa shape index (κ3) is 6.11. The molecule has 0 spiro atoms. The largest absolute Gasteiger partial charge is 0.464 e. The molecule has 3 atom stereocenters. The summed E-state index contributed by atoms with van der Waals surface area (Å²) in [5.74, 6) is -0.888. The molecule has 0 saturated carbocycles. The van der Waals surface area contributed by atoms with Crippen LogP contribution in [0.3, 0.4) is 0 Å². The first kappa shape index (κ1) is 23.3. The summed E-state index contributed by atoms with van der Waals surface area (Å²) in [5, 5.41) is 3.48. The fourth-order valence-electron chi connectivity index (χ4n) is 3.72. The molecule has 3 rings (SSSR count). The Labute approximate surface area is 187 Å². The Hall–Kier alpha value is -2.32. The maximum Gasteiger partial charge on any atom is 0.338 e. The van der Waals surface area contributed by atoms with Crippen molar-refractivity contribution in [3.05, 3.63) is 29.3 Å². The van der Waals surface area contributed by atoms with Gasteiger partial charge in [0.15, 0.2) is 12.2 Å². The number of hydrogen-bond acceptors (Lipinski definition) is 6. The van der Waals surface area contributed by atoms with Crippen LogP contribution in [-0.4, -0.2) is 73.7 Å².